The molecule has 1 N–H and O–H groups in total. The molecule has 0 aromatic carbocycles. The summed E-state index contributed by atoms with van der Waals surface area (Å²) in [6, 6.07) is 2.21. The summed E-state index contributed by atoms with van der Waals surface area (Å²) in [5, 5.41) is 14.5. The summed E-state index contributed by atoms with van der Waals surface area (Å²) >= 11 is 1.02. The van der Waals surface area contributed by atoms with Crippen molar-refractivity contribution in [2.75, 3.05) is 12.4 Å². The lowest BCUT2D eigenvalue weighted by Gasteiger charge is -2.10. The number of halogens is 3. The van der Waals surface area contributed by atoms with Gasteiger partial charge in [-0.15, -0.1) is 5.10 Å². The smallest absolute Gasteiger partial charge is 0.373 e. The number of aromatic nitrogens is 5. The van der Waals surface area contributed by atoms with Crippen molar-refractivity contribution in [2.24, 2.45) is 0 Å². The van der Waals surface area contributed by atoms with E-state index in [0.717, 1.165) is 36.7 Å². The number of hydrogen-bond acceptors (Lipinski definition) is 6. The normalized spacial score (nSPS) is 15.2. The number of anilines is 1. The highest BCUT2D eigenvalue weighted by Gasteiger charge is 2.32. The van der Waals surface area contributed by atoms with Gasteiger partial charge in [0.05, 0.1) is 11.6 Å². The number of nitrogens with one attached hydrogen (secondary N) is 1. The second-order valence-electron chi connectivity index (χ2n) is 4.57. The molecule has 0 radical (unpaired) electrons. The van der Waals surface area contributed by atoms with Crippen molar-refractivity contribution < 1.29 is 13.2 Å². The van der Waals surface area contributed by atoms with Crippen molar-refractivity contribution in [1.29, 1.82) is 0 Å². The predicted molar refractivity (Wildman–Crippen MR) is 69.0 cm³/mol. The minimum absolute atomic E-state index is 0.151. The van der Waals surface area contributed by atoms with E-state index < -0.39 is 11.7 Å². The summed E-state index contributed by atoms with van der Waals surface area (Å²) in [5.41, 5.74) is -0.755. The van der Waals surface area contributed by atoms with Gasteiger partial charge in [0.25, 0.3) is 0 Å². The number of hydrogen-bond donors (Lipinski definition) is 1. The maximum absolute atomic E-state index is 12.9. The van der Waals surface area contributed by atoms with Gasteiger partial charge < -0.3 is 5.32 Å². The molecule has 0 amide bonds. The third-order valence-electron chi connectivity index (χ3n) is 2.94. The Balaban J connectivity index is 1.92. The van der Waals surface area contributed by atoms with E-state index >= 15 is 0 Å². The SMILES string of the molecule is CNc1cc(C(F)(F)F)cc(Sc2nnnn2C2CC2)n1. The average Bonchev–Trinajstić information content (AvgIpc) is 3.18. The molecule has 6 nitrogen and oxygen atoms in total. The fraction of sp³-hybridized carbons (Fsp3) is 0.455. The zero-order chi connectivity index (χ0) is 15.0. The Morgan fingerprint density at radius 2 is 2.10 bits per heavy atom. The first kappa shape index (κ1) is 14.1. The summed E-state index contributed by atoms with van der Waals surface area (Å²) in [6.07, 6.45) is -2.46. The fourth-order valence-corrected chi connectivity index (χ4v) is 2.62. The van der Waals surface area contributed by atoms with Crippen LogP contribution in [0.1, 0.15) is 24.4 Å². The van der Waals surface area contributed by atoms with Gasteiger partial charge in [-0.05, 0) is 47.2 Å². The van der Waals surface area contributed by atoms with Crippen LogP contribution in [0.4, 0.5) is 19.0 Å². The molecule has 0 spiro atoms. The van der Waals surface area contributed by atoms with Gasteiger partial charge >= 0.3 is 6.18 Å². The van der Waals surface area contributed by atoms with Crippen LogP contribution in [-0.4, -0.2) is 32.2 Å². The van der Waals surface area contributed by atoms with E-state index in [2.05, 4.69) is 25.8 Å². The Hall–Kier alpha value is -1.84. The maximum Gasteiger partial charge on any atom is 0.416 e. The largest absolute Gasteiger partial charge is 0.416 e. The molecule has 2 aromatic heterocycles. The molecule has 0 unspecified atom stereocenters. The van der Waals surface area contributed by atoms with Crippen molar-refractivity contribution in [1.82, 2.24) is 25.2 Å². The van der Waals surface area contributed by atoms with E-state index in [0.29, 0.717) is 5.16 Å². The topological polar surface area (TPSA) is 68.5 Å². The first-order valence-electron chi connectivity index (χ1n) is 6.20. The van der Waals surface area contributed by atoms with Crippen LogP contribution < -0.4 is 5.32 Å². The Morgan fingerprint density at radius 1 is 1.33 bits per heavy atom. The summed E-state index contributed by atoms with van der Waals surface area (Å²) in [4.78, 5) is 4.10. The van der Waals surface area contributed by atoms with E-state index in [1.807, 2.05) is 0 Å². The molecule has 0 saturated heterocycles. The average molecular weight is 316 g/mol. The molecule has 3 rings (SSSR count). The Labute approximate surface area is 122 Å². The molecule has 0 atom stereocenters. The molecule has 1 saturated carbocycles. The Morgan fingerprint density at radius 3 is 2.71 bits per heavy atom. The van der Waals surface area contributed by atoms with Crippen LogP contribution in [0.25, 0.3) is 0 Å². The van der Waals surface area contributed by atoms with E-state index in [1.54, 1.807) is 4.68 Å². The van der Waals surface area contributed by atoms with Crippen molar-refractivity contribution in [2.45, 2.75) is 35.2 Å². The molecule has 0 aliphatic heterocycles. The molecular weight excluding hydrogens is 305 g/mol. The van der Waals surface area contributed by atoms with E-state index in [9.17, 15) is 13.2 Å². The molecule has 10 heteroatoms. The fourth-order valence-electron chi connectivity index (χ4n) is 1.74. The first-order valence-corrected chi connectivity index (χ1v) is 7.02. The lowest BCUT2D eigenvalue weighted by Crippen LogP contribution is -2.07. The van der Waals surface area contributed by atoms with Gasteiger partial charge in [-0.3, -0.25) is 0 Å². The second kappa shape index (κ2) is 5.17. The highest BCUT2D eigenvalue weighted by molar-refractivity contribution is 7.99. The molecule has 1 fully saturated rings. The quantitative estimate of drug-likeness (QED) is 0.935. The summed E-state index contributed by atoms with van der Waals surface area (Å²) in [5.74, 6) is 0.151. The first-order chi connectivity index (χ1) is 9.97. The minimum atomic E-state index is -4.42. The van der Waals surface area contributed by atoms with Crippen molar-refractivity contribution in [3.63, 3.8) is 0 Å². The van der Waals surface area contributed by atoms with Crippen molar-refractivity contribution >= 4 is 17.6 Å². The van der Waals surface area contributed by atoms with Crippen molar-refractivity contribution in [3.8, 4) is 0 Å². The van der Waals surface area contributed by atoms with E-state index in [1.165, 1.54) is 7.05 Å². The van der Waals surface area contributed by atoms with Crippen LogP contribution in [0.5, 0.6) is 0 Å². The molecule has 1 aliphatic carbocycles. The summed E-state index contributed by atoms with van der Waals surface area (Å²) < 4.78 is 40.2. The monoisotopic (exact) mass is 316 g/mol. The Kier molecular flexibility index (Phi) is 3.47. The van der Waals surface area contributed by atoms with Gasteiger partial charge in [0, 0.05) is 7.05 Å². The second-order valence-corrected chi connectivity index (χ2v) is 5.55. The maximum atomic E-state index is 12.9. The minimum Gasteiger partial charge on any atom is -0.373 e. The molecule has 2 heterocycles. The molecule has 0 bridgehead atoms. The number of alkyl halides is 3. The molecule has 112 valence electrons. The van der Waals surface area contributed by atoms with Crippen molar-refractivity contribution in [3.05, 3.63) is 17.7 Å². The molecule has 2 aromatic rings. The van der Waals surface area contributed by atoms with Gasteiger partial charge in [-0.2, -0.15) is 13.2 Å². The Bertz CT molecular complexity index is 652. The third-order valence-corrected chi connectivity index (χ3v) is 3.81. The predicted octanol–water partition coefficient (Wildman–Crippen LogP) is 2.61. The lowest BCUT2D eigenvalue weighted by molar-refractivity contribution is -0.137. The van der Waals surface area contributed by atoms with Crippen LogP contribution in [-0.2, 0) is 6.18 Å². The highest BCUT2D eigenvalue weighted by Crippen LogP contribution is 2.39. The number of tetrazole rings is 1. The number of pyridine rings is 1. The molecule has 1 aliphatic rings. The van der Waals surface area contributed by atoms with Crippen LogP contribution in [0.15, 0.2) is 22.3 Å². The van der Waals surface area contributed by atoms with Crippen LogP contribution >= 0.6 is 11.8 Å². The third kappa shape index (κ3) is 3.09. The number of rotatable bonds is 4. The van der Waals surface area contributed by atoms with Gasteiger partial charge in [-0.25, -0.2) is 9.67 Å². The summed E-state index contributed by atoms with van der Waals surface area (Å²) in [7, 11) is 1.52. The lowest BCUT2D eigenvalue weighted by atomic mass is 10.2. The van der Waals surface area contributed by atoms with Gasteiger partial charge in [0.2, 0.25) is 5.16 Å². The summed E-state index contributed by atoms with van der Waals surface area (Å²) in [6.45, 7) is 0. The van der Waals surface area contributed by atoms with E-state index in [4.69, 9.17) is 0 Å². The highest BCUT2D eigenvalue weighted by atomic mass is 32.2. The van der Waals surface area contributed by atoms with Crippen LogP contribution in [0.2, 0.25) is 0 Å². The molecular formula is C11H11F3N6S. The zero-order valence-electron chi connectivity index (χ0n) is 10.9. The number of nitrogens with zero attached hydrogens (tertiary/aromatic N) is 5. The van der Waals surface area contributed by atoms with E-state index in [-0.39, 0.29) is 16.9 Å². The van der Waals surface area contributed by atoms with Crippen LogP contribution in [0.3, 0.4) is 0 Å². The zero-order valence-corrected chi connectivity index (χ0v) is 11.7. The van der Waals surface area contributed by atoms with Crippen LogP contribution in [0, 0.1) is 0 Å². The van der Waals surface area contributed by atoms with Gasteiger partial charge in [-0.1, -0.05) is 0 Å². The van der Waals surface area contributed by atoms with Gasteiger partial charge in [0.1, 0.15) is 10.8 Å². The van der Waals surface area contributed by atoms with Gasteiger partial charge in [0.15, 0.2) is 0 Å². The standard InChI is InChI=1S/C11H11F3N6S/c1-15-8-4-6(11(12,13)14)5-9(16-8)21-10-17-18-19-20(10)7-2-3-7/h4-5,7H,2-3H2,1H3,(H,15,16). The molecule has 21 heavy (non-hydrogen) atoms.